The molecule has 64 valence electrons. The lowest BCUT2D eigenvalue weighted by atomic mass is 10.2. The lowest BCUT2D eigenvalue weighted by molar-refractivity contribution is 0.144. The van der Waals surface area contributed by atoms with Gasteiger partial charge in [0, 0.05) is 6.04 Å². The van der Waals surface area contributed by atoms with Crippen LogP contribution >= 0.6 is 12.4 Å². The highest BCUT2D eigenvalue weighted by Crippen LogP contribution is 2.07. The van der Waals surface area contributed by atoms with Gasteiger partial charge in [-0.15, -0.1) is 22.6 Å². The first-order valence-electron chi connectivity index (χ1n) is 3.01. The Balaban J connectivity index is 0.000001000. The summed E-state index contributed by atoms with van der Waals surface area (Å²) in [5, 5.41) is 16.3. The number of hydrogen-bond donors (Lipinski definition) is 3. The fourth-order valence-electron chi connectivity index (χ4n) is 0.608. The molecule has 0 aliphatic heterocycles. The lowest BCUT2D eigenvalue weighted by Gasteiger charge is -2.09. The van der Waals surface area contributed by atoms with Crippen molar-refractivity contribution in [2.45, 2.75) is 19.1 Å². The zero-order valence-electron chi connectivity index (χ0n) is 6.06. The van der Waals surface area contributed by atoms with Gasteiger partial charge in [0.2, 0.25) is 0 Å². The van der Waals surface area contributed by atoms with Gasteiger partial charge in [0.05, 0.1) is 0 Å². The Bertz CT molecular complexity index is 188. The second-order valence-corrected chi connectivity index (χ2v) is 2.18. The van der Waals surface area contributed by atoms with Crippen molar-refractivity contribution in [2.75, 3.05) is 0 Å². The Morgan fingerprint density at radius 2 is 2.36 bits per heavy atom. The number of aromatic amines is 1. The number of aromatic nitrogens is 3. The lowest BCUT2D eigenvalue weighted by Crippen LogP contribution is -2.25. The first-order chi connectivity index (χ1) is 4.72. The summed E-state index contributed by atoms with van der Waals surface area (Å²) in [6, 6.07) is -0.326. The summed E-state index contributed by atoms with van der Waals surface area (Å²) in [7, 11) is 0. The number of halogens is 1. The number of aliphatic hydroxyl groups excluding tert-OH is 1. The van der Waals surface area contributed by atoms with E-state index in [9.17, 15) is 5.11 Å². The van der Waals surface area contributed by atoms with E-state index in [0.29, 0.717) is 5.82 Å². The molecule has 0 aliphatic rings. The summed E-state index contributed by atoms with van der Waals surface area (Å²) in [4.78, 5) is 2.67. The summed E-state index contributed by atoms with van der Waals surface area (Å²) < 4.78 is 0. The average molecular weight is 179 g/mol. The van der Waals surface area contributed by atoms with Crippen LogP contribution in [0.1, 0.15) is 18.9 Å². The quantitative estimate of drug-likeness (QED) is 0.576. The molecule has 2 atom stereocenters. The van der Waals surface area contributed by atoms with Crippen molar-refractivity contribution in [3.8, 4) is 0 Å². The van der Waals surface area contributed by atoms with Crippen LogP contribution in [0.2, 0.25) is 0 Å². The normalized spacial score (nSPS) is 15.2. The minimum atomic E-state index is -0.748. The molecule has 5 nitrogen and oxygen atoms in total. The zero-order chi connectivity index (χ0) is 7.56. The molecule has 1 aromatic heterocycles. The number of nitrogens with two attached hydrogens (primary N) is 1. The molecule has 0 aromatic carbocycles. The fourth-order valence-corrected chi connectivity index (χ4v) is 0.608. The summed E-state index contributed by atoms with van der Waals surface area (Å²) in [5.74, 6) is 0.412. The van der Waals surface area contributed by atoms with E-state index >= 15 is 0 Å². The second-order valence-electron chi connectivity index (χ2n) is 2.18. The Kier molecular flexibility index (Phi) is 4.02. The Morgan fingerprint density at radius 3 is 2.73 bits per heavy atom. The number of H-pyrrole nitrogens is 1. The van der Waals surface area contributed by atoms with Gasteiger partial charge in [-0.1, -0.05) is 0 Å². The highest BCUT2D eigenvalue weighted by atomic mass is 35.5. The zero-order valence-corrected chi connectivity index (χ0v) is 6.88. The van der Waals surface area contributed by atoms with Crippen molar-refractivity contribution in [3.63, 3.8) is 0 Å². The van der Waals surface area contributed by atoms with Crippen LogP contribution in [0.4, 0.5) is 0 Å². The molecule has 0 aliphatic carbocycles. The van der Waals surface area contributed by atoms with E-state index < -0.39 is 6.10 Å². The van der Waals surface area contributed by atoms with Gasteiger partial charge < -0.3 is 15.8 Å². The molecule has 4 N–H and O–H groups in total. The molecule has 0 radical (unpaired) electrons. The van der Waals surface area contributed by atoms with Gasteiger partial charge in [-0.05, 0) is 6.92 Å². The molecule has 1 heterocycles. The van der Waals surface area contributed by atoms with Gasteiger partial charge in [-0.2, -0.15) is 0 Å². The van der Waals surface area contributed by atoms with Crippen molar-refractivity contribution in [2.24, 2.45) is 5.73 Å². The first-order valence-corrected chi connectivity index (χ1v) is 3.01. The SMILES string of the molecule is C[C@H](N)C(O)c1nnc[nH]1.Cl. The molecular formula is C5H11ClN4O. The molecule has 6 heteroatoms. The predicted molar refractivity (Wildman–Crippen MR) is 42.2 cm³/mol. The smallest absolute Gasteiger partial charge is 0.160 e. The molecule has 0 saturated heterocycles. The third-order valence-corrected chi connectivity index (χ3v) is 1.21. The minimum Gasteiger partial charge on any atom is -0.383 e. The summed E-state index contributed by atoms with van der Waals surface area (Å²) in [6.07, 6.45) is 0.656. The number of hydrogen-bond acceptors (Lipinski definition) is 4. The first kappa shape index (κ1) is 10.3. The van der Waals surface area contributed by atoms with E-state index in [0.717, 1.165) is 0 Å². The third kappa shape index (κ3) is 2.45. The van der Waals surface area contributed by atoms with Crippen LogP contribution in [-0.4, -0.2) is 26.3 Å². The van der Waals surface area contributed by atoms with E-state index in [4.69, 9.17) is 5.73 Å². The summed E-state index contributed by atoms with van der Waals surface area (Å²) >= 11 is 0. The van der Waals surface area contributed by atoms with Gasteiger partial charge in [0.1, 0.15) is 12.4 Å². The van der Waals surface area contributed by atoms with Gasteiger partial charge in [-0.25, -0.2) is 0 Å². The van der Waals surface area contributed by atoms with Crippen LogP contribution in [0.25, 0.3) is 0 Å². The van der Waals surface area contributed by atoms with Crippen molar-refractivity contribution in [1.82, 2.24) is 15.2 Å². The predicted octanol–water partition coefficient (Wildman–Crippen LogP) is -0.393. The van der Waals surface area contributed by atoms with E-state index in [1.165, 1.54) is 6.33 Å². The van der Waals surface area contributed by atoms with Crippen molar-refractivity contribution in [3.05, 3.63) is 12.2 Å². The molecule has 0 spiro atoms. The Hall–Kier alpha value is -0.650. The topological polar surface area (TPSA) is 87.8 Å². The number of nitrogens with one attached hydrogen (secondary N) is 1. The molecule has 0 bridgehead atoms. The second kappa shape index (κ2) is 4.27. The number of rotatable bonds is 2. The molecule has 1 unspecified atom stereocenters. The minimum absolute atomic E-state index is 0. The summed E-state index contributed by atoms with van der Waals surface area (Å²) in [5.41, 5.74) is 5.39. The van der Waals surface area contributed by atoms with Crippen LogP contribution in [0.5, 0.6) is 0 Å². The standard InChI is InChI=1S/C5H10N4O.ClH/c1-3(6)4(10)5-7-2-8-9-5;/h2-4,10H,6H2,1H3,(H,7,8,9);1H/t3-,4?;/m0./s1. The van der Waals surface area contributed by atoms with Crippen LogP contribution in [0.15, 0.2) is 6.33 Å². The van der Waals surface area contributed by atoms with Crippen molar-refractivity contribution < 1.29 is 5.11 Å². The van der Waals surface area contributed by atoms with Crippen LogP contribution in [0.3, 0.4) is 0 Å². The highest BCUT2D eigenvalue weighted by molar-refractivity contribution is 5.85. The maximum atomic E-state index is 9.23. The van der Waals surface area contributed by atoms with E-state index in [2.05, 4.69) is 15.2 Å². The van der Waals surface area contributed by atoms with Gasteiger partial charge >= 0.3 is 0 Å². The summed E-state index contributed by atoms with van der Waals surface area (Å²) in [6.45, 7) is 1.70. The van der Waals surface area contributed by atoms with Crippen molar-refractivity contribution >= 4 is 12.4 Å². The number of nitrogens with zero attached hydrogens (tertiary/aromatic N) is 2. The molecule has 0 saturated carbocycles. The molecule has 1 rings (SSSR count). The van der Waals surface area contributed by atoms with Gasteiger partial charge in [-0.3, -0.25) is 0 Å². The van der Waals surface area contributed by atoms with Crippen LogP contribution in [-0.2, 0) is 0 Å². The molecule has 0 fully saturated rings. The van der Waals surface area contributed by atoms with Crippen LogP contribution < -0.4 is 5.73 Å². The molecule has 1 aromatic rings. The molecule has 0 amide bonds. The molecule has 11 heavy (non-hydrogen) atoms. The Labute approximate surface area is 70.4 Å². The van der Waals surface area contributed by atoms with Crippen LogP contribution in [0, 0.1) is 0 Å². The average Bonchev–Trinajstić information content (AvgIpc) is 2.36. The van der Waals surface area contributed by atoms with E-state index in [1.54, 1.807) is 6.92 Å². The fraction of sp³-hybridized carbons (Fsp3) is 0.600. The maximum Gasteiger partial charge on any atom is 0.160 e. The van der Waals surface area contributed by atoms with Gasteiger partial charge in [0.25, 0.3) is 0 Å². The Morgan fingerprint density at radius 1 is 1.73 bits per heavy atom. The molecular weight excluding hydrogens is 168 g/mol. The van der Waals surface area contributed by atoms with E-state index in [-0.39, 0.29) is 18.4 Å². The van der Waals surface area contributed by atoms with Gasteiger partial charge in [0.15, 0.2) is 5.82 Å². The third-order valence-electron chi connectivity index (χ3n) is 1.21. The maximum absolute atomic E-state index is 9.23. The van der Waals surface area contributed by atoms with Crippen molar-refractivity contribution in [1.29, 1.82) is 0 Å². The number of aliphatic hydroxyl groups is 1. The van der Waals surface area contributed by atoms with E-state index in [1.807, 2.05) is 0 Å². The highest BCUT2D eigenvalue weighted by Gasteiger charge is 2.14. The largest absolute Gasteiger partial charge is 0.383 e. The monoisotopic (exact) mass is 178 g/mol.